The number of carbonyl (C=O) groups is 1. The smallest absolute Gasteiger partial charge is 0.337 e. The Balaban J connectivity index is 2.86. The molecule has 1 aliphatic rings. The van der Waals surface area contributed by atoms with Gasteiger partial charge in [0.2, 0.25) is 11.6 Å². The fraction of sp³-hybridized carbons (Fsp3) is 0.900. The molecule has 0 aromatic carbocycles. The highest BCUT2D eigenvalue weighted by molar-refractivity contribution is 5.74. The van der Waals surface area contributed by atoms with E-state index in [1.54, 1.807) is 13.8 Å². The zero-order valence-corrected chi connectivity index (χ0v) is 10.2. The van der Waals surface area contributed by atoms with Crippen LogP contribution >= 0.6 is 0 Å². The van der Waals surface area contributed by atoms with E-state index in [0.29, 0.717) is 0 Å². The molecule has 3 atom stereocenters. The van der Waals surface area contributed by atoms with Crippen LogP contribution in [0, 0.1) is 0 Å². The lowest BCUT2D eigenvalue weighted by atomic mass is 10.1. The molecule has 0 N–H and O–H groups in total. The molecule has 0 unspecified atom stereocenters. The Kier molecular flexibility index (Phi) is 3.90. The van der Waals surface area contributed by atoms with Gasteiger partial charge in [0.05, 0.1) is 13.7 Å². The maximum Gasteiger partial charge on any atom is 0.337 e. The molecule has 0 aliphatic carbocycles. The monoisotopic (exact) mass is 234 g/mol. The lowest BCUT2D eigenvalue weighted by molar-refractivity contribution is -0.427. The first kappa shape index (κ1) is 13.4. The number of rotatable bonds is 3. The minimum absolute atomic E-state index is 0.0654. The van der Waals surface area contributed by atoms with Gasteiger partial charge in [-0.15, -0.1) is 0 Å². The Bertz CT molecular complexity index is 268. The van der Waals surface area contributed by atoms with Crippen molar-refractivity contribution in [3.63, 3.8) is 0 Å². The minimum atomic E-state index is -1.17. The third kappa shape index (κ3) is 2.06. The zero-order chi connectivity index (χ0) is 12.4. The summed E-state index contributed by atoms with van der Waals surface area (Å²) in [6.07, 6.45) is -0.807. The lowest BCUT2D eigenvalue weighted by Crippen LogP contribution is -2.63. The second kappa shape index (κ2) is 4.67. The van der Waals surface area contributed by atoms with E-state index >= 15 is 0 Å². The third-order valence-corrected chi connectivity index (χ3v) is 2.95. The molecule has 0 bridgehead atoms. The average Bonchev–Trinajstić information content (AvgIpc) is 2.31. The van der Waals surface area contributed by atoms with Gasteiger partial charge in [0, 0.05) is 14.2 Å². The van der Waals surface area contributed by atoms with Crippen LogP contribution in [0.3, 0.4) is 0 Å². The average molecular weight is 234 g/mol. The highest BCUT2D eigenvalue weighted by Crippen LogP contribution is 2.36. The summed E-state index contributed by atoms with van der Waals surface area (Å²) in [6, 6.07) is 0. The van der Waals surface area contributed by atoms with Gasteiger partial charge in [0.25, 0.3) is 0 Å². The van der Waals surface area contributed by atoms with Crippen LogP contribution in [-0.2, 0) is 28.5 Å². The second-order valence-electron chi connectivity index (χ2n) is 3.74. The van der Waals surface area contributed by atoms with Gasteiger partial charge in [-0.1, -0.05) is 0 Å². The number of hydrogen-bond donors (Lipinski definition) is 0. The molecule has 0 amide bonds. The largest absolute Gasteiger partial charge is 0.467 e. The normalized spacial score (nSPS) is 39.4. The van der Waals surface area contributed by atoms with Gasteiger partial charge in [-0.2, -0.15) is 0 Å². The number of carbonyl (C=O) groups excluding carboxylic acids is 1. The fourth-order valence-corrected chi connectivity index (χ4v) is 1.50. The summed E-state index contributed by atoms with van der Waals surface area (Å²) in [5.74, 6) is -2.73. The molecule has 16 heavy (non-hydrogen) atoms. The Hall–Kier alpha value is -0.690. The molecule has 94 valence electrons. The predicted octanol–water partition coefficient (Wildman–Crippen LogP) is 0.300. The number of esters is 1. The Labute approximate surface area is 94.7 Å². The standard InChI is InChI=1S/C10H18O6/c1-9(13-4)10(2,14-5)16-7(6-15-9)8(11)12-3/h7H,6H2,1-5H3/t7-,9-,10-/m0/s1. The van der Waals surface area contributed by atoms with Crippen molar-refractivity contribution in [1.29, 1.82) is 0 Å². The van der Waals surface area contributed by atoms with Crippen molar-refractivity contribution in [2.24, 2.45) is 0 Å². The van der Waals surface area contributed by atoms with Crippen molar-refractivity contribution >= 4 is 5.97 Å². The van der Waals surface area contributed by atoms with Crippen LogP contribution in [0.4, 0.5) is 0 Å². The molecule has 6 heteroatoms. The molecule has 1 heterocycles. The summed E-state index contributed by atoms with van der Waals surface area (Å²) in [6.45, 7) is 3.39. The molecular formula is C10H18O6. The predicted molar refractivity (Wildman–Crippen MR) is 53.7 cm³/mol. The number of ether oxygens (including phenoxy) is 5. The highest BCUT2D eigenvalue weighted by Gasteiger charge is 2.54. The maximum atomic E-state index is 11.3. The second-order valence-corrected chi connectivity index (χ2v) is 3.74. The highest BCUT2D eigenvalue weighted by atomic mass is 16.8. The first-order valence-electron chi connectivity index (χ1n) is 4.92. The Morgan fingerprint density at radius 3 is 2.19 bits per heavy atom. The summed E-state index contributed by atoms with van der Waals surface area (Å²) in [4.78, 5) is 11.3. The summed E-state index contributed by atoms with van der Waals surface area (Å²) < 4.78 is 26.1. The van der Waals surface area contributed by atoms with Crippen molar-refractivity contribution < 1.29 is 28.5 Å². The van der Waals surface area contributed by atoms with Gasteiger partial charge < -0.3 is 23.7 Å². The topological polar surface area (TPSA) is 63.2 Å². The number of hydrogen-bond acceptors (Lipinski definition) is 6. The molecule has 1 fully saturated rings. The van der Waals surface area contributed by atoms with Crippen LogP contribution in [0.2, 0.25) is 0 Å². The molecule has 0 radical (unpaired) electrons. The van der Waals surface area contributed by atoms with Crippen molar-refractivity contribution in [3.05, 3.63) is 0 Å². The molecule has 0 spiro atoms. The summed E-state index contributed by atoms with van der Waals surface area (Å²) >= 11 is 0. The molecule has 1 aliphatic heterocycles. The minimum Gasteiger partial charge on any atom is -0.467 e. The van der Waals surface area contributed by atoms with Gasteiger partial charge in [-0.05, 0) is 13.8 Å². The first-order chi connectivity index (χ1) is 7.42. The van der Waals surface area contributed by atoms with E-state index in [1.807, 2.05) is 0 Å². The Morgan fingerprint density at radius 2 is 1.75 bits per heavy atom. The first-order valence-corrected chi connectivity index (χ1v) is 4.92. The van der Waals surface area contributed by atoms with E-state index in [9.17, 15) is 4.79 Å². The molecule has 1 saturated heterocycles. The third-order valence-electron chi connectivity index (χ3n) is 2.95. The van der Waals surface area contributed by atoms with Crippen molar-refractivity contribution in [1.82, 2.24) is 0 Å². The quantitative estimate of drug-likeness (QED) is 0.654. The molecule has 6 nitrogen and oxygen atoms in total. The van der Waals surface area contributed by atoms with Gasteiger partial charge in [-0.25, -0.2) is 4.79 Å². The van der Waals surface area contributed by atoms with Gasteiger partial charge in [0.15, 0.2) is 6.10 Å². The SMILES string of the molecule is COC(=O)[C@@H]1CO[C@](C)(OC)[C@@](C)(OC)O1. The van der Waals surface area contributed by atoms with Crippen LogP contribution in [0.5, 0.6) is 0 Å². The van der Waals surface area contributed by atoms with E-state index in [0.717, 1.165) is 0 Å². The molecule has 0 saturated carbocycles. The van der Waals surface area contributed by atoms with Crippen molar-refractivity contribution in [2.45, 2.75) is 31.5 Å². The molecule has 0 aromatic heterocycles. The molecule has 0 aromatic rings. The van der Waals surface area contributed by atoms with Gasteiger partial charge >= 0.3 is 5.97 Å². The van der Waals surface area contributed by atoms with Crippen LogP contribution < -0.4 is 0 Å². The fourth-order valence-electron chi connectivity index (χ4n) is 1.50. The summed E-state index contributed by atoms with van der Waals surface area (Å²) in [5, 5.41) is 0. The zero-order valence-electron chi connectivity index (χ0n) is 10.2. The van der Waals surface area contributed by atoms with E-state index in [1.165, 1.54) is 21.3 Å². The summed E-state index contributed by atoms with van der Waals surface area (Å²) in [7, 11) is 4.24. The van der Waals surface area contributed by atoms with Crippen LogP contribution in [0.25, 0.3) is 0 Å². The molecular weight excluding hydrogens is 216 g/mol. The van der Waals surface area contributed by atoms with E-state index in [4.69, 9.17) is 18.9 Å². The van der Waals surface area contributed by atoms with E-state index < -0.39 is 23.6 Å². The van der Waals surface area contributed by atoms with Crippen LogP contribution in [0.15, 0.2) is 0 Å². The maximum absolute atomic E-state index is 11.3. The van der Waals surface area contributed by atoms with E-state index in [2.05, 4.69) is 4.74 Å². The van der Waals surface area contributed by atoms with Crippen LogP contribution in [-0.4, -0.2) is 51.6 Å². The van der Waals surface area contributed by atoms with E-state index in [-0.39, 0.29) is 6.61 Å². The Morgan fingerprint density at radius 1 is 1.19 bits per heavy atom. The van der Waals surface area contributed by atoms with Crippen LogP contribution in [0.1, 0.15) is 13.8 Å². The van der Waals surface area contributed by atoms with Gasteiger partial charge in [-0.3, -0.25) is 0 Å². The molecule has 1 rings (SSSR count). The summed E-state index contributed by atoms with van der Waals surface area (Å²) in [5.41, 5.74) is 0. The van der Waals surface area contributed by atoms with Crippen molar-refractivity contribution in [2.75, 3.05) is 27.9 Å². The number of methoxy groups -OCH3 is 3. The van der Waals surface area contributed by atoms with Crippen molar-refractivity contribution in [3.8, 4) is 0 Å². The lowest BCUT2D eigenvalue weighted by Gasteiger charge is -2.48. The van der Waals surface area contributed by atoms with Gasteiger partial charge in [0.1, 0.15) is 0 Å².